The maximum atomic E-state index is 5.65. The Labute approximate surface area is 119 Å². The molecule has 2 rings (SSSR count). The molecule has 4 nitrogen and oxygen atoms in total. The number of anilines is 1. The molecule has 1 aromatic rings. The fourth-order valence-corrected chi connectivity index (χ4v) is 3.09. The van der Waals surface area contributed by atoms with Crippen LogP contribution in [0, 0.1) is 0 Å². The summed E-state index contributed by atoms with van der Waals surface area (Å²) in [5.74, 6) is 2.88. The van der Waals surface area contributed by atoms with Gasteiger partial charge in [0, 0.05) is 31.4 Å². The zero-order valence-electron chi connectivity index (χ0n) is 11.8. The second-order valence-electron chi connectivity index (χ2n) is 4.73. The summed E-state index contributed by atoms with van der Waals surface area (Å²) >= 11 is 1.78. The molecule has 0 radical (unpaired) electrons. The van der Waals surface area contributed by atoms with Crippen molar-refractivity contribution in [3.8, 4) is 0 Å². The third-order valence-corrected chi connectivity index (χ3v) is 4.06. The molecule has 1 fully saturated rings. The molecule has 19 heavy (non-hydrogen) atoms. The number of nitrogens with one attached hydrogen (secondary N) is 1. The van der Waals surface area contributed by atoms with Crippen LogP contribution in [-0.2, 0) is 11.2 Å². The van der Waals surface area contributed by atoms with Crippen LogP contribution >= 0.6 is 11.8 Å². The van der Waals surface area contributed by atoms with Gasteiger partial charge in [0.1, 0.15) is 16.7 Å². The van der Waals surface area contributed by atoms with Gasteiger partial charge in [-0.15, -0.1) is 11.8 Å². The molecule has 106 valence electrons. The molecule has 0 bridgehead atoms. The van der Waals surface area contributed by atoms with Crippen LogP contribution in [0.1, 0.15) is 38.9 Å². The van der Waals surface area contributed by atoms with Crippen LogP contribution in [0.15, 0.2) is 11.1 Å². The molecule has 0 saturated carbocycles. The minimum atomic E-state index is 0.400. The van der Waals surface area contributed by atoms with Crippen molar-refractivity contribution in [1.82, 2.24) is 9.97 Å². The van der Waals surface area contributed by atoms with Crippen molar-refractivity contribution in [3.63, 3.8) is 0 Å². The van der Waals surface area contributed by atoms with Gasteiger partial charge in [-0.2, -0.15) is 0 Å². The summed E-state index contributed by atoms with van der Waals surface area (Å²) in [5, 5.41) is 4.34. The van der Waals surface area contributed by atoms with Crippen LogP contribution in [0.5, 0.6) is 0 Å². The van der Waals surface area contributed by atoms with Crippen molar-refractivity contribution in [2.24, 2.45) is 0 Å². The van der Waals surface area contributed by atoms with Crippen LogP contribution < -0.4 is 5.32 Å². The van der Waals surface area contributed by atoms with Crippen LogP contribution in [0.4, 0.5) is 5.82 Å². The van der Waals surface area contributed by atoms with E-state index in [9.17, 15) is 0 Å². The molecule has 1 saturated heterocycles. The number of aromatic nitrogens is 2. The van der Waals surface area contributed by atoms with Crippen molar-refractivity contribution in [3.05, 3.63) is 11.9 Å². The van der Waals surface area contributed by atoms with E-state index >= 15 is 0 Å². The zero-order valence-corrected chi connectivity index (χ0v) is 12.6. The Morgan fingerprint density at radius 3 is 3.00 bits per heavy atom. The zero-order chi connectivity index (χ0) is 13.5. The molecule has 5 heteroatoms. The van der Waals surface area contributed by atoms with E-state index in [0.717, 1.165) is 48.4 Å². The van der Waals surface area contributed by atoms with E-state index < -0.39 is 0 Å². The third-order valence-electron chi connectivity index (χ3n) is 3.02. The van der Waals surface area contributed by atoms with E-state index in [1.807, 2.05) is 6.07 Å². The van der Waals surface area contributed by atoms with Gasteiger partial charge in [0.25, 0.3) is 0 Å². The Balaban J connectivity index is 1.99. The number of nitrogens with zero attached hydrogens (tertiary/aromatic N) is 2. The number of hydrogen-bond acceptors (Lipinski definition) is 5. The van der Waals surface area contributed by atoms with E-state index in [0.29, 0.717) is 6.10 Å². The minimum absolute atomic E-state index is 0.400. The number of hydrogen-bond donors (Lipinski definition) is 1. The predicted molar refractivity (Wildman–Crippen MR) is 79.9 cm³/mol. The van der Waals surface area contributed by atoms with Crippen LogP contribution in [0.3, 0.4) is 0 Å². The molecule has 0 amide bonds. The molecule has 1 aliphatic rings. The fourth-order valence-electron chi connectivity index (χ4n) is 2.11. The van der Waals surface area contributed by atoms with E-state index in [4.69, 9.17) is 4.74 Å². The Kier molecular flexibility index (Phi) is 5.92. The molecule has 0 aliphatic carbocycles. The maximum absolute atomic E-state index is 5.65. The number of rotatable bonds is 7. The average molecular weight is 281 g/mol. The van der Waals surface area contributed by atoms with Gasteiger partial charge in [0.05, 0.1) is 6.10 Å². The molecule has 2 heterocycles. The quantitative estimate of drug-likeness (QED) is 0.614. The highest BCUT2D eigenvalue weighted by molar-refractivity contribution is 7.99. The van der Waals surface area contributed by atoms with Gasteiger partial charge in [-0.3, -0.25) is 0 Å². The molecule has 1 aromatic heterocycles. The van der Waals surface area contributed by atoms with E-state index in [-0.39, 0.29) is 0 Å². The summed E-state index contributed by atoms with van der Waals surface area (Å²) in [6.45, 7) is 6.04. The van der Waals surface area contributed by atoms with Crippen LogP contribution in [0.25, 0.3) is 0 Å². The highest BCUT2D eigenvalue weighted by atomic mass is 32.2. The van der Waals surface area contributed by atoms with Gasteiger partial charge < -0.3 is 10.1 Å². The summed E-state index contributed by atoms with van der Waals surface area (Å²) in [6, 6.07) is 2.04. The van der Waals surface area contributed by atoms with E-state index in [1.165, 1.54) is 12.8 Å². The van der Waals surface area contributed by atoms with Crippen LogP contribution in [0.2, 0.25) is 0 Å². The van der Waals surface area contributed by atoms with Gasteiger partial charge in [0.2, 0.25) is 0 Å². The standard InChI is InChI=1S/C14H23N3OS/c1-3-6-12-16-13(15-4-2)9-14(17-12)19-10-11-7-5-8-18-11/h9,11H,3-8,10H2,1-2H3,(H,15,16,17). The van der Waals surface area contributed by atoms with Gasteiger partial charge >= 0.3 is 0 Å². The van der Waals surface area contributed by atoms with Gasteiger partial charge in [-0.05, 0) is 26.2 Å². The molecule has 1 unspecified atom stereocenters. The van der Waals surface area contributed by atoms with Gasteiger partial charge in [0.15, 0.2) is 0 Å². The van der Waals surface area contributed by atoms with Crippen molar-refractivity contribution >= 4 is 17.6 Å². The third kappa shape index (κ3) is 4.66. The second kappa shape index (κ2) is 7.70. The Hall–Kier alpha value is -0.810. The minimum Gasteiger partial charge on any atom is -0.377 e. The summed E-state index contributed by atoms with van der Waals surface area (Å²) in [6.07, 6.45) is 4.79. The normalized spacial score (nSPS) is 18.7. The largest absolute Gasteiger partial charge is 0.377 e. The molecule has 1 aliphatic heterocycles. The number of ether oxygens (including phenoxy) is 1. The lowest BCUT2D eigenvalue weighted by molar-refractivity contribution is 0.129. The highest BCUT2D eigenvalue weighted by Gasteiger charge is 2.16. The molecular weight excluding hydrogens is 258 g/mol. The summed E-state index contributed by atoms with van der Waals surface area (Å²) in [4.78, 5) is 9.15. The lowest BCUT2D eigenvalue weighted by Gasteiger charge is -2.10. The lowest BCUT2D eigenvalue weighted by atomic mass is 10.3. The van der Waals surface area contributed by atoms with E-state index in [2.05, 4.69) is 29.1 Å². The first kappa shape index (κ1) is 14.6. The van der Waals surface area contributed by atoms with Crippen molar-refractivity contribution in [1.29, 1.82) is 0 Å². The molecular formula is C14H23N3OS. The Morgan fingerprint density at radius 1 is 1.42 bits per heavy atom. The SMILES string of the molecule is CCCc1nc(NCC)cc(SCC2CCCO2)n1. The summed E-state index contributed by atoms with van der Waals surface area (Å²) in [7, 11) is 0. The first-order chi connectivity index (χ1) is 9.31. The molecule has 0 aromatic carbocycles. The Morgan fingerprint density at radius 2 is 2.32 bits per heavy atom. The summed E-state index contributed by atoms with van der Waals surface area (Å²) in [5.41, 5.74) is 0. The second-order valence-corrected chi connectivity index (χ2v) is 5.77. The number of thioether (sulfide) groups is 1. The monoisotopic (exact) mass is 281 g/mol. The predicted octanol–water partition coefficient (Wildman–Crippen LogP) is 3.13. The maximum Gasteiger partial charge on any atom is 0.132 e. The smallest absolute Gasteiger partial charge is 0.132 e. The Bertz CT molecular complexity index is 370. The van der Waals surface area contributed by atoms with Gasteiger partial charge in [-0.1, -0.05) is 6.92 Å². The number of aryl methyl sites for hydroxylation is 1. The topological polar surface area (TPSA) is 47.0 Å². The van der Waals surface area contributed by atoms with Crippen molar-refractivity contribution in [2.75, 3.05) is 24.2 Å². The molecule has 1 atom stereocenters. The van der Waals surface area contributed by atoms with Crippen molar-refractivity contribution < 1.29 is 4.74 Å². The fraction of sp³-hybridized carbons (Fsp3) is 0.714. The first-order valence-electron chi connectivity index (χ1n) is 7.18. The van der Waals surface area contributed by atoms with E-state index in [1.54, 1.807) is 11.8 Å². The van der Waals surface area contributed by atoms with Gasteiger partial charge in [-0.25, -0.2) is 9.97 Å². The summed E-state index contributed by atoms with van der Waals surface area (Å²) < 4.78 is 5.65. The highest BCUT2D eigenvalue weighted by Crippen LogP contribution is 2.24. The molecule has 1 N–H and O–H groups in total. The average Bonchev–Trinajstić information content (AvgIpc) is 2.90. The lowest BCUT2D eigenvalue weighted by Crippen LogP contribution is -2.09. The molecule has 0 spiro atoms. The van der Waals surface area contributed by atoms with Crippen molar-refractivity contribution in [2.45, 2.75) is 50.7 Å². The van der Waals surface area contributed by atoms with Crippen LogP contribution in [-0.4, -0.2) is 35.0 Å². The first-order valence-corrected chi connectivity index (χ1v) is 8.16.